The second-order valence-electron chi connectivity index (χ2n) is 2.57. The van der Waals surface area contributed by atoms with Gasteiger partial charge in [0.25, 0.3) is 5.69 Å². The number of hydrogen-bond donors (Lipinski definition) is 0. The van der Waals surface area contributed by atoms with Gasteiger partial charge >= 0.3 is 0 Å². The van der Waals surface area contributed by atoms with Crippen LogP contribution in [0, 0.1) is 17.0 Å². The van der Waals surface area contributed by atoms with Crippen molar-refractivity contribution in [1.29, 1.82) is 0 Å². The van der Waals surface area contributed by atoms with Gasteiger partial charge in [-0.15, -0.1) is 11.6 Å². The van der Waals surface area contributed by atoms with Crippen LogP contribution in [-0.2, 0) is 5.88 Å². The fourth-order valence-corrected chi connectivity index (χ4v) is 1.55. The van der Waals surface area contributed by atoms with E-state index in [2.05, 4.69) is 0 Å². The highest BCUT2D eigenvalue weighted by atomic mass is 35.5. The maximum absolute atomic E-state index is 10.5. The van der Waals surface area contributed by atoms with Gasteiger partial charge in [0.05, 0.1) is 9.95 Å². The molecule has 5 heteroatoms. The number of alkyl halides is 1. The van der Waals surface area contributed by atoms with Crippen molar-refractivity contribution in [2.75, 3.05) is 0 Å². The van der Waals surface area contributed by atoms with Gasteiger partial charge in [-0.2, -0.15) is 0 Å². The molecule has 1 aromatic rings. The first-order valence-corrected chi connectivity index (χ1v) is 4.47. The first-order valence-electron chi connectivity index (χ1n) is 3.56. The van der Waals surface area contributed by atoms with E-state index in [1.807, 2.05) is 0 Å². The van der Waals surface area contributed by atoms with Crippen LogP contribution in [0.3, 0.4) is 0 Å². The zero-order valence-electron chi connectivity index (χ0n) is 6.88. The van der Waals surface area contributed by atoms with Crippen LogP contribution in [0.4, 0.5) is 5.69 Å². The van der Waals surface area contributed by atoms with Crippen molar-refractivity contribution in [3.8, 4) is 0 Å². The molecule has 0 aliphatic carbocycles. The van der Waals surface area contributed by atoms with Crippen LogP contribution in [0.5, 0.6) is 0 Å². The van der Waals surface area contributed by atoms with Crippen molar-refractivity contribution < 1.29 is 4.92 Å². The monoisotopic (exact) mass is 219 g/mol. The van der Waals surface area contributed by atoms with E-state index in [0.29, 0.717) is 16.1 Å². The highest BCUT2D eigenvalue weighted by Crippen LogP contribution is 2.29. The number of nitrogens with zero attached hydrogens (tertiary/aromatic N) is 1. The minimum atomic E-state index is -0.459. The predicted octanol–water partition coefficient (Wildman–Crippen LogP) is 3.30. The van der Waals surface area contributed by atoms with Gasteiger partial charge in [-0.1, -0.05) is 11.6 Å². The van der Waals surface area contributed by atoms with E-state index in [9.17, 15) is 10.1 Å². The second-order valence-corrected chi connectivity index (χ2v) is 3.22. The minimum absolute atomic E-state index is 0.0267. The summed E-state index contributed by atoms with van der Waals surface area (Å²) in [6.45, 7) is 1.61. The average molecular weight is 220 g/mol. The number of halogens is 2. The Kier molecular flexibility index (Phi) is 3.12. The molecule has 0 aliphatic rings. The fourth-order valence-electron chi connectivity index (χ4n) is 1.03. The molecule has 0 aromatic heterocycles. The van der Waals surface area contributed by atoms with E-state index in [1.54, 1.807) is 13.0 Å². The van der Waals surface area contributed by atoms with Gasteiger partial charge in [0.2, 0.25) is 0 Å². The Morgan fingerprint density at radius 3 is 2.62 bits per heavy atom. The summed E-state index contributed by atoms with van der Waals surface area (Å²) in [6, 6.07) is 2.99. The van der Waals surface area contributed by atoms with Crippen molar-refractivity contribution in [1.82, 2.24) is 0 Å². The first-order chi connectivity index (χ1) is 6.07. The van der Waals surface area contributed by atoms with Crippen molar-refractivity contribution in [2.24, 2.45) is 0 Å². The van der Waals surface area contributed by atoms with Gasteiger partial charge < -0.3 is 0 Å². The summed E-state index contributed by atoms with van der Waals surface area (Å²) >= 11 is 11.4. The molecule has 0 radical (unpaired) electrons. The third kappa shape index (κ3) is 1.92. The van der Waals surface area contributed by atoms with E-state index in [-0.39, 0.29) is 11.6 Å². The van der Waals surface area contributed by atoms with E-state index in [1.165, 1.54) is 6.07 Å². The molecule has 3 nitrogen and oxygen atoms in total. The zero-order chi connectivity index (χ0) is 10.0. The molecular weight excluding hydrogens is 213 g/mol. The van der Waals surface area contributed by atoms with E-state index < -0.39 is 4.92 Å². The highest BCUT2D eigenvalue weighted by molar-refractivity contribution is 6.33. The standard InChI is InChI=1S/C8H7Cl2NO2/c1-5-7(11(12)13)3-2-6(4-9)8(5)10/h2-3H,4H2,1H3. The minimum Gasteiger partial charge on any atom is -0.258 e. The molecular formula is C8H7Cl2NO2. The van der Waals surface area contributed by atoms with Gasteiger partial charge in [-0.05, 0) is 18.6 Å². The molecule has 0 bridgehead atoms. The number of nitro groups is 1. The molecule has 13 heavy (non-hydrogen) atoms. The zero-order valence-corrected chi connectivity index (χ0v) is 8.39. The lowest BCUT2D eigenvalue weighted by Crippen LogP contribution is -1.94. The molecule has 0 amide bonds. The Morgan fingerprint density at radius 1 is 1.54 bits per heavy atom. The van der Waals surface area contributed by atoms with Crippen LogP contribution in [-0.4, -0.2) is 4.92 Å². The smallest absolute Gasteiger partial charge is 0.258 e. The van der Waals surface area contributed by atoms with Crippen molar-refractivity contribution >= 4 is 28.9 Å². The molecule has 0 fully saturated rings. The number of rotatable bonds is 2. The molecule has 0 unspecified atom stereocenters. The van der Waals surface area contributed by atoms with E-state index >= 15 is 0 Å². The maximum Gasteiger partial charge on any atom is 0.273 e. The molecule has 0 saturated heterocycles. The molecule has 0 saturated carbocycles. The van der Waals surface area contributed by atoms with E-state index in [0.717, 1.165) is 0 Å². The Hall–Kier alpha value is -0.800. The second kappa shape index (κ2) is 3.94. The highest BCUT2D eigenvalue weighted by Gasteiger charge is 2.14. The van der Waals surface area contributed by atoms with Crippen LogP contribution in [0.25, 0.3) is 0 Å². The number of hydrogen-bond acceptors (Lipinski definition) is 2. The van der Waals surface area contributed by atoms with Crippen molar-refractivity contribution in [3.05, 3.63) is 38.4 Å². The molecule has 0 spiro atoms. The maximum atomic E-state index is 10.5. The molecule has 70 valence electrons. The van der Waals surface area contributed by atoms with Crippen LogP contribution in [0.2, 0.25) is 5.02 Å². The van der Waals surface area contributed by atoms with Gasteiger partial charge in [0.1, 0.15) is 0 Å². The van der Waals surface area contributed by atoms with Gasteiger partial charge in [-0.3, -0.25) is 10.1 Å². The molecule has 1 aromatic carbocycles. The SMILES string of the molecule is Cc1c([N+](=O)[O-])ccc(CCl)c1Cl. The Labute approximate surface area is 85.4 Å². The van der Waals surface area contributed by atoms with Crippen LogP contribution in [0.15, 0.2) is 12.1 Å². The summed E-state index contributed by atoms with van der Waals surface area (Å²) in [4.78, 5) is 10.0. The topological polar surface area (TPSA) is 43.1 Å². The molecule has 0 atom stereocenters. The molecule has 0 heterocycles. The molecule has 0 aliphatic heterocycles. The van der Waals surface area contributed by atoms with Crippen LogP contribution >= 0.6 is 23.2 Å². The Balaban J connectivity index is 3.31. The molecule has 0 N–H and O–H groups in total. The quantitative estimate of drug-likeness (QED) is 0.436. The first kappa shape index (κ1) is 10.3. The Bertz CT molecular complexity index is 352. The lowest BCUT2D eigenvalue weighted by molar-refractivity contribution is -0.385. The summed E-state index contributed by atoms with van der Waals surface area (Å²) in [5, 5.41) is 10.9. The van der Waals surface area contributed by atoms with Crippen LogP contribution < -0.4 is 0 Å². The Morgan fingerprint density at radius 2 is 2.15 bits per heavy atom. The lowest BCUT2D eigenvalue weighted by atomic mass is 10.1. The van der Waals surface area contributed by atoms with Gasteiger partial charge in [0, 0.05) is 17.5 Å². The summed E-state index contributed by atoms with van der Waals surface area (Å²) in [5.41, 5.74) is 1.20. The van der Waals surface area contributed by atoms with Crippen molar-refractivity contribution in [2.45, 2.75) is 12.8 Å². The third-order valence-corrected chi connectivity index (χ3v) is 2.59. The van der Waals surface area contributed by atoms with Gasteiger partial charge in [0.15, 0.2) is 0 Å². The average Bonchev–Trinajstić information content (AvgIpc) is 2.09. The number of benzene rings is 1. The summed E-state index contributed by atoms with van der Waals surface area (Å²) in [6.07, 6.45) is 0. The number of nitro benzene ring substituents is 1. The largest absolute Gasteiger partial charge is 0.273 e. The van der Waals surface area contributed by atoms with Crippen molar-refractivity contribution in [3.63, 3.8) is 0 Å². The van der Waals surface area contributed by atoms with E-state index in [4.69, 9.17) is 23.2 Å². The molecule has 1 rings (SSSR count). The predicted molar refractivity (Wildman–Crippen MR) is 52.4 cm³/mol. The lowest BCUT2D eigenvalue weighted by Gasteiger charge is -2.03. The third-order valence-electron chi connectivity index (χ3n) is 1.78. The van der Waals surface area contributed by atoms with Crippen LogP contribution in [0.1, 0.15) is 11.1 Å². The summed E-state index contributed by atoms with van der Waals surface area (Å²) < 4.78 is 0. The fraction of sp³-hybridized carbons (Fsp3) is 0.250. The summed E-state index contributed by atoms with van der Waals surface area (Å²) in [7, 11) is 0. The van der Waals surface area contributed by atoms with Gasteiger partial charge in [-0.25, -0.2) is 0 Å². The normalized spacial score (nSPS) is 10.1. The summed E-state index contributed by atoms with van der Waals surface area (Å²) in [5.74, 6) is 0.262.